The van der Waals surface area contributed by atoms with Gasteiger partial charge in [-0.2, -0.15) is 4.98 Å². The number of carbonyl (C=O) groups is 1. The van der Waals surface area contributed by atoms with E-state index in [-0.39, 0.29) is 11.9 Å². The molecule has 1 saturated heterocycles. The number of likely N-dealkylation sites (tertiary alicyclic amines) is 1. The molecule has 0 bridgehead atoms. The molecule has 6 nitrogen and oxygen atoms in total. The van der Waals surface area contributed by atoms with Gasteiger partial charge in [0.05, 0.1) is 12.6 Å². The predicted octanol–water partition coefficient (Wildman–Crippen LogP) is 0.212. The molecule has 1 unspecified atom stereocenters. The molecule has 1 atom stereocenters. The molecule has 0 spiro atoms. The summed E-state index contributed by atoms with van der Waals surface area (Å²) >= 11 is 0. The van der Waals surface area contributed by atoms with E-state index in [0.29, 0.717) is 24.7 Å². The van der Waals surface area contributed by atoms with Crippen LogP contribution >= 0.6 is 0 Å². The van der Waals surface area contributed by atoms with Crippen molar-refractivity contribution < 1.29 is 9.32 Å². The summed E-state index contributed by atoms with van der Waals surface area (Å²) in [4.78, 5) is 17.2. The van der Waals surface area contributed by atoms with E-state index in [1.165, 1.54) is 0 Å². The summed E-state index contributed by atoms with van der Waals surface area (Å²) in [7, 11) is 0. The average molecular weight is 210 g/mol. The quantitative estimate of drug-likeness (QED) is 0.770. The molecule has 0 saturated carbocycles. The Balaban J connectivity index is 2.01. The van der Waals surface area contributed by atoms with Crippen LogP contribution in [0.3, 0.4) is 0 Å². The summed E-state index contributed by atoms with van der Waals surface area (Å²) < 4.78 is 4.95. The molecule has 2 rings (SSSR count). The largest absolute Gasteiger partial charge is 0.338 e. The lowest BCUT2D eigenvalue weighted by Crippen LogP contribution is -2.24. The third kappa shape index (κ3) is 2.15. The number of aromatic nitrogens is 2. The number of rotatable bonds is 3. The molecule has 1 aromatic rings. The fourth-order valence-electron chi connectivity index (χ4n) is 1.56. The molecule has 82 valence electrons. The van der Waals surface area contributed by atoms with E-state index in [1.807, 2.05) is 0 Å². The SMILES string of the molecule is CC(N)c1nc(CN2CCCC2=O)no1. The fraction of sp³-hybridized carbons (Fsp3) is 0.667. The van der Waals surface area contributed by atoms with Crippen molar-refractivity contribution in [2.75, 3.05) is 6.54 Å². The molecule has 6 heteroatoms. The first-order chi connectivity index (χ1) is 7.16. The van der Waals surface area contributed by atoms with E-state index in [1.54, 1.807) is 11.8 Å². The molecule has 15 heavy (non-hydrogen) atoms. The Hall–Kier alpha value is -1.43. The lowest BCUT2D eigenvalue weighted by atomic mass is 10.4. The van der Waals surface area contributed by atoms with Crippen LogP contribution in [0.25, 0.3) is 0 Å². The van der Waals surface area contributed by atoms with Crippen LogP contribution in [0.15, 0.2) is 4.52 Å². The predicted molar refractivity (Wildman–Crippen MR) is 51.6 cm³/mol. The van der Waals surface area contributed by atoms with Gasteiger partial charge in [-0.05, 0) is 13.3 Å². The van der Waals surface area contributed by atoms with E-state index in [0.717, 1.165) is 13.0 Å². The second kappa shape index (κ2) is 3.98. The van der Waals surface area contributed by atoms with E-state index in [9.17, 15) is 4.79 Å². The molecule has 0 aliphatic carbocycles. The molecule has 2 N–H and O–H groups in total. The van der Waals surface area contributed by atoms with Crippen LogP contribution in [0.2, 0.25) is 0 Å². The van der Waals surface area contributed by atoms with Crippen molar-refractivity contribution in [3.05, 3.63) is 11.7 Å². The minimum absolute atomic E-state index is 0.155. The summed E-state index contributed by atoms with van der Waals surface area (Å²) in [5, 5.41) is 3.78. The van der Waals surface area contributed by atoms with E-state index >= 15 is 0 Å². The smallest absolute Gasteiger partial charge is 0.243 e. The van der Waals surface area contributed by atoms with Crippen LogP contribution in [0.1, 0.15) is 37.5 Å². The van der Waals surface area contributed by atoms with Crippen molar-refractivity contribution in [3.63, 3.8) is 0 Å². The van der Waals surface area contributed by atoms with Crippen molar-refractivity contribution in [2.24, 2.45) is 5.73 Å². The minimum Gasteiger partial charge on any atom is -0.338 e. The van der Waals surface area contributed by atoms with Gasteiger partial charge in [0.1, 0.15) is 0 Å². The number of hydrogen-bond acceptors (Lipinski definition) is 5. The Kier molecular flexibility index (Phi) is 2.68. The highest BCUT2D eigenvalue weighted by atomic mass is 16.5. The first-order valence-corrected chi connectivity index (χ1v) is 5.02. The van der Waals surface area contributed by atoms with Crippen LogP contribution in [-0.2, 0) is 11.3 Å². The number of nitrogens with two attached hydrogens (primary N) is 1. The molecule has 1 aliphatic heterocycles. The van der Waals surface area contributed by atoms with E-state index < -0.39 is 0 Å². The van der Waals surface area contributed by atoms with Crippen molar-refractivity contribution in [3.8, 4) is 0 Å². The standard InChI is InChI=1S/C9H14N4O2/c1-6(10)9-11-7(12-15-9)5-13-4-2-3-8(13)14/h6H,2-5,10H2,1H3. The number of amides is 1. The topological polar surface area (TPSA) is 85.2 Å². The summed E-state index contributed by atoms with van der Waals surface area (Å²) in [6.45, 7) is 2.98. The van der Waals surface area contributed by atoms with Crippen LogP contribution in [0.4, 0.5) is 0 Å². The number of hydrogen-bond donors (Lipinski definition) is 1. The van der Waals surface area contributed by atoms with E-state index in [4.69, 9.17) is 10.3 Å². The summed E-state index contributed by atoms with van der Waals surface area (Å²) in [5.74, 6) is 1.09. The third-order valence-electron chi connectivity index (χ3n) is 2.38. The van der Waals surface area contributed by atoms with Crippen molar-refractivity contribution in [1.82, 2.24) is 15.0 Å². The van der Waals surface area contributed by atoms with Gasteiger partial charge in [0.25, 0.3) is 0 Å². The highest BCUT2D eigenvalue weighted by Crippen LogP contribution is 2.13. The van der Waals surface area contributed by atoms with Gasteiger partial charge in [-0.1, -0.05) is 5.16 Å². The third-order valence-corrected chi connectivity index (χ3v) is 2.38. The Morgan fingerprint density at radius 3 is 3.00 bits per heavy atom. The summed E-state index contributed by atoms with van der Waals surface area (Å²) in [6, 6.07) is -0.263. The first kappa shape index (κ1) is 10.1. The zero-order valence-corrected chi connectivity index (χ0v) is 8.64. The second-order valence-corrected chi connectivity index (χ2v) is 3.76. The summed E-state index contributed by atoms with van der Waals surface area (Å²) in [6.07, 6.45) is 1.54. The Morgan fingerprint density at radius 2 is 2.47 bits per heavy atom. The maximum absolute atomic E-state index is 11.3. The molecular weight excluding hydrogens is 196 g/mol. The highest BCUT2D eigenvalue weighted by Gasteiger charge is 2.22. The zero-order chi connectivity index (χ0) is 10.8. The molecular formula is C9H14N4O2. The van der Waals surface area contributed by atoms with Crippen molar-refractivity contribution in [1.29, 1.82) is 0 Å². The molecule has 0 aromatic carbocycles. The average Bonchev–Trinajstić information content (AvgIpc) is 2.77. The van der Waals surface area contributed by atoms with Gasteiger partial charge in [0.2, 0.25) is 11.8 Å². The van der Waals surface area contributed by atoms with Gasteiger partial charge >= 0.3 is 0 Å². The van der Waals surface area contributed by atoms with Gasteiger partial charge in [-0.15, -0.1) is 0 Å². The molecule has 1 fully saturated rings. The minimum atomic E-state index is -0.263. The van der Waals surface area contributed by atoms with Gasteiger partial charge in [-0.25, -0.2) is 0 Å². The summed E-state index contributed by atoms with van der Waals surface area (Å²) in [5.41, 5.74) is 5.59. The van der Waals surface area contributed by atoms with Crippen molar-refractivity contribution in [2.45, 2.75) is 32.4 Å². The molecule has 1 aromatic heterocycles. The highest BCUT2D eigenvalue weighted by molar-refractivity contribution is 5.77. The van der Waals surface area contributed by atoms with Crippen molar-refractivity contribution >= 4 is 5.91 Å². The second-order valence-electron chi connectivity index (χ2n) is 3.76. The molecule has 1 aliphatic rings. The van der Waals surface area contributed by atoms with Gasteiger partial charge < -0.3 is 15.2 Å². The normalized spacial score (nSPS) is 18.5. The Morgan fingerprint density at radius 1 is 1.67 bits per heavy atom. The van der Waals surface area contributed by atoms with Gasteiger partial charge in [0.15, 0.2) is 5.82 Å². The maximum Gasteiger partial charge on any atom is 0.243 e. The first-order valence-electron chi connectivity index (χ1n) is 5.02. The van der Waals surface area contributed by atoms with Crippen LogP contribution in [0.5, 0.6) is 0 Å². The van der Waals surface area contributed by atoms with Gasteiger partial charge in [0, 0.05) is 13.0 Å². The Bertz CT molecular complexity index is 361. The van der Waals surface area contributed by atoms with Crippen LogP contribution in [-0.4, -0.2) is 27.5 Å². The fourth-order valence-corrected chi connectivity index (χ4v) is 1.56. The van der Waals surface area contributed by atoms with Gasteiger partial charge in [-0.3, -0.25) is 4.79 Å². The number of carbonyl (C=O) groups excluding carboxylic acids is 1. The maximum atomic E-state index is 11.3. The monoisotopic (exact) mass is 210 g/mol. The number of nitrogens with zero attached hydrogens (tertiary/aromatic N) is 3. The van der Waals surface area contributed by atoms with E-state index in [2.05, 4.69) is 10.1 Å². The lowest BCUT2D eigenvalue weighted by Gasteiger charge is -2.11. The molecule has 2 heterocycles. The molecule has 0 radical (unpaired) electrons. The molecule has 1 amide bonds. The van der Waals surface area contributed by atoms with Crippen LogP contribution in [0, 0.1) is 0 Å². The zero-order valence-electron chi connectivity index (χ0n) is 8.64. The lowest BCUT2D eigenvalue weighted by molar-refractivity contribution is -0.128. The Labute approximate surface area is 87.4 Å². The van der Waals surface area contributed by atoms with Crippen LogP contribution < -0.4 is 5.73 Å².